The first-order chi connectivity index (χ1) is 12.0. The van der Waals surface area contributed by atoms with Gasteiger partial charge in [0.05, 0.1) is 10.0 Å². The highest BCUT2D eigenvalue weighted by Crippen LogP contribution is 2.29. The van der Waals surface area contributed by atoms with E-state index in [0.29, 0.717) is 34.2 Å². The van der Waals surface area contributed by atoms with Crippen LogP contribution in [0.4, 0.5) is 0 Å². The first-order valence-corrected chi connectivity index (χ1v) is 9.71. The third-order valence-electron chi connectivity index (χ3n) is 5.48. The predicted molar refractivity (Wildman–Crippen MR) is 100 cm³/mol. The molecule has 0 radical (unpaired) electrons. The van der Waals surface area contributed by atoms with Crippen molar-refractivity contribution in [3.63, 3.8) is 0 Å². The number of hydrogen-bond donors (Lipinski definition) is 0. The van der Waals surface area contributed by atoms with E-state index in [9.17, 15) is 9.59 Å². The molecule has 1 aliphatic heterocycles. The number of likely N-dealkylation sites (tertiary alicyclic amines) is 1. The lowest BCUT2D eigenvalue weighted by Gasteiger charge is -2.38. The van der Waals surface area contributed by atoms with Crippen LogP contribution in [0, 0.1) is 0 Å². The molecule has 2 unspecified atom stereocenters. The van der Waals surface area contributed by atoms with Gasteiger partial charge in [-0.15, -0.1) is 0 Å². The van der Waals surface area contributed by atoms with E-state index in [1.807, 2.05) is 7.05 Å². The molecule has 0 bridgehead atoms. The van der Waals surface area contributed by atoms with E-state index in [-0.39, 0.29) is 18.0 Å². The summed E-state index contributed by atoms with van der Waals surface area (Å²) in [7, 11) is 1.84. The van der Waals surface area contributed by atoms with E-state index in [2.05, 4.69) is 4.90 Å². The summed E-state index contributed by atoms with van der Waals surface area (Å²) in [4.78, 5) is 29.2. The Morgan fingerprint density at radius 1 is 1.12 bits per heavy atom. The summed E-state index contributed by atoms with van der Waals surface area (Å²) in [5.74, 6) is 0.240. The molecule has 1 heterocycles. The van der Waals surface area contributed by atoms with Crippen LogP contribution in [-0.4, -0.2) is 53.7 Å². The van der Waals surface area contributed by atoms with Gasteiger partial charge in [-0.25, -0.2) is 0 Å². The molecule has 1 aliphatic carbocycles. The number of hydrogen-bond acceptors (Lipinski definition) is 3. The summed E-state index contributed by atoms with van der Waals surface area (Å²) in [6.07, 6.45) is 5.12. The van der Waals surface area contributed by atoms with Gasteiger partial charge in [0, 0.05) is 37.5 Å². The monoisotopic (exact) mass is 382 g/mol. The van der Waals surface area contributed by atoms with E-state index >= 15 is 0 Å². The van der Waals surface area contributed by atoms with E-state index in [0.717, 1.165) is 25.9 Å². The molecule has 1 saturated carbocycles. The average molecular weight is 383 g/mol. The van der Waals surface area contributed by atoms with Gasteiger partial charge < -0.3 is 4.90 Å². The summed E-state index contributed by atoms with van der Waals surface area (Å²) in [5, 5.41) is 0.823. The number of rotatable bonds is 3. The van der Waals surface area contributed by atoms with Crippen LogP contribution in [0.5, 0.6) is 0 Å². The number of likely N-dealkylation sites (N-methyl/N-ethyl adjacent to an activating group) is 1. The van der Waals surface area contributed by atoms with Crippen molar-refractivity contribution in [3.8, 4) is 0 Å². The Balaban J connectivity index is 1.82. The second-order valence-corrected chi connectivity index (χ2v) is 7.85. The van der Waals surface area contributed by atoms with Crippen LogP contribution >= 0.6 is 23.2 Å². The Morgan fingerprint density at radius 3 is 2.48 bits per heavy atom. The van der Waals surface area contributed by atoms with Gasteiger partial charge in [-0.05, 0) is 57.0 Å². The molecule has 2 atom stereocenters. The topological polar surface area (TPSA) is 40.6 Å². The van der Waals surface area contributed by atoms with Crippen molar-refractivity contribution in [2.24, 2.45) is 0 Å². The molecule has 1 saturated heterocycles. The molecular weight excluding hydrogens is 359 g/mol. The second kappa shape index (κ2) is 8.07. The molecular formula is C19H24Cl2N2O2. The number of ketones is 1. The minimum Gasteiger partial charge on any atom is -0.337 e. The van der Waals surface area contributed by atoms with Crippen LogP contribution in [0.2, 0.25) is 10.0 Å². The summed E-state index contributed by atoms with van der Waals surface area (Å²) < 4.78 is 0. The van der Waals surface area contributed by atoms with Crippen LogP contribution in [0.15, 0.2) is 18.2 Å². The Labute approximate surface area is 159 Å². The quantitative estimate of drug-likeness (QED) is 0.740. The lowest BCUT2D eigenvalue weighted by atomic mass is 9.99. The molecule has 1 aromatic carbocycles. The van der Waals surface area contributed by atoms with E-state index in [1.165, 1.54) is 12.8 Å². The maximum absolute atomic E-state index is 13.0. The summed E-state index contributed by atoms with van der Waals surface area (Å²) in [5.41, 5.74) is 0.535. The average Bonchev–Trinajstić information content (AvgIpc) is 3.06. The summed E-state index contributed by atoms with van der Waals surface area (Å²) in [6.45, 7) is 2.12. The minimum absolute atomic E-state index is 0.0477. The Bertz CT molecular complexity index is 659. The van der Waals surface area contributed by atoms with Gasteiger partial charge in [0.2, 0.25) is 0 Å². The number of amides is 1. The summed E-state index contributed by atoms with van der Waals surface area (Å²) in [6, 6.07) is 5.28. The molecule has 2 fully saturated rings. The molecule has 0 N–H and O–H groups in total. The van der Waals surface area contributed by atoms with Crippen molar-refractivity contribution in [1.29, 1.82) is 0 Å². The normalized spacial score (nSPS) is 25.0. The number of nitrogens with zero attached hydrogens (tertiary/aromatic N) is 2. The molecule has 6 heteroatoms. The van der Waals surface area contributed by atoms with Gasteiger partial charge in [0.25, 0.3) is 5.91 Å². The van der Waals surface area contributed by atoms with E-state index in [4.69, 9.17) is 23.2 Å². The zero-order chi connectivity index (χ0) is 18.0. The zero-order valence-electron chi connectivity index (χ0n) is 14.5. The van der Waals surface area contributed by atoms with Crippen molar-refractivity contribution in [2.75, 3.05) is 20.1 Å². The standard InChI is InChI=1S/C19H24Cl2N2O2/c1-22(19(25)13-4-7-15(20)16(21)12-13)17-8-5-14(24)6-9-18(17)23-10-2-3-11-23/h4,7,12,17-18H,2-3,5-6,8-11H2,1H3. The van der Waals surface area contributed by atoms with Crippen molar-refractivity contribution >= 4 is 34.9 Å². The molecule has 1 amide bonds. The predicted octanol–water partition coefficient (Wildman–Crippen LogP) is 4.04. The van der Waals surface area contributed by atoms with Crippen LogP contribution in [0.25, 0.3) is 0 Å². The third kappa shape index (κ3) is 4.18. The SMILES string of the molecule is CN(C(=O)c1ccc(Cl)c(Cl)c1)C1CCC(=O)CCC1N1CCCC1. The van der Waals surface area contributed by atoms with Gasteiger partial charge >= 0.3 is 0 Å². The molecule has 2 aliphatic rings. The van der Waals surface area contributed by atoms with Crippen LogP contribution in [-0.2, 0) is 4.79 Å². The highest BCUT2D eigenvalue weighted by atomic mass is 35.5. The van der Waals surface area contributed by atoms with E-state index in [1.54, 1.807) is 23.1 Å². The number of halogens is 2. The maximum Gasteiger partial charge on any atom is 0.253 e. The second-order valence-electron chi connectivity index (χ2n) is 7.04. The van der Waals surface area contributed by atoms with Gasteiger partial charge in [-0.3, -0.25) is 14.5 Å². The number of benzene rings is 1. The largest absolute Gasteiger partial charge is 0.337 e. The first kappa shape index (κ1) is 18.7. The smallest absolute Gasteiger partial charge is 0.253 e. The number of carbonyl (C=O) groups is 2. The lowest BCUT2D eigenvalue weighted by molar-refractivity contribution is -0.119. The minimum atomic E-state index is -0.0675. The molecule has 136 valence electrons. The molecule has 0 aromatic heterocycles. The Hall–Kier alpha value is -1.10. The number of carbonyl (C=O) groups excluding carboxylic acids is 2. The van der Waals surface area contributed by atoms with Crippen molar-refractivity contribution in [1.82, 2.24) is 9.80 Å². The van der Waals surface area contributed by atoms with Crippen LogP contribution in [0.1, 0.15) is 48.9 Å². The maximum atomic E-state index is 13.0. The summed E-state index contributed by atoms with van der Waals surface area (Å²) >= 11 is 12.0. The zero-order valence-corrected chi connectivity index (χ0v) is 16.0. The Kier molecular flexibility index (Phi) is 6.03. The highest BCUT2D eigenvalue weighted by Gasteiger charge is 2.36. The molecule has 0 spiro atoms. The fourth-order valence-electron chi connectivity index (χ4n) is 4.06. The molecule has 4 nitrogen and oxygen atoms in total. The van der Waals surface area contributed by atoms with Crippen molar-refractivity contribution in [2.45, 2.75) is 50.6 Å². The number of Topliss-reactive ketones (excluding diaryl/α,β-unsaturated/α-hetero) is 1. The van der Waals surface area contributed by atoms with Gasteiger partial charge in [-0.1, -0.05) is 23.2 Å². The lowest BCUT2D eigenvalue weighted by Crippen LogP contribution is -2.51. The fourth-order valence-corrected chi connectivity index (χ4v) is 4.36. The van der Waals surface area contributed by atoms with Crippen LogP contribution in [0.3, 0.4) is 0 Å². The third-order valence-corrected chi connectivity index (χ3v) is 6.22. The molecule has 3 rings (SSSR count). The molecule has 25 heavy (non-hydrogen) atoms. The van der Waals surface area contributed by atoms with Gasteiger partial charge in [0.15, 0.2) is 0 Å². The molecule has 1 aromatic rings. The highest BCUT2D eigenvalue weighted by molar-refractivity contribution is 6.42. The Morgan fingerprint density at radius 2 is 1.80 bits per heavy atom. The van der Waals surface area contributed by atoms with Crippen molar-refractivity contribution in [3.05, 3.63) is 33.8 Å². The first-order valence-electron chi connectivity index (χ1n) is 8.95. The fraction of sp³-hybridized carbons (Fsp3) is 0.579. The van der Waals surface area contributed by atoms with Crippen molar-refractivity contribution < 1.29 is 9.59 Å². The van der Waals surface area contributed by atoms with Gasteiger partial charge in [0.1, 0.15) is 5.78 Å². The van der Waals surface area contributed by atoms with Gasteiger partial charge in [-0.2, -0.15) is 0 Å². The van der Waals surface area contributed by atoms with E-state index < -0.39 is 0 Å². The van der Waals surface area contributed by atoms with Crippen LogP contribution < -0.4 is 0 Å².